The van der Waals surface area contributed by atoms with Crippen LogP contribution in [0.4, 0.5) is 5.69 Å². The van der Waals surface area contributed by atoms with Gasteiger partial charge in [0.1, 0.15) is 0 Å². The van der Waals surface area contributed by atoms with Gasteiger partial charge in [-0.15, -0.1) is 0 Å². The van der Waals surface area contributed by atoms with Crippen LogP contribution in [0.5, 0.6) is 5.75 Å². The number of nitrogens with two attached hydrogens (primary N) is 1. The van der Waals surface area contributed by atoms with Crippen LogP contribution in [0.1, 0.15) is 12.7 Å². The summed E-state index contributed by atoms with van der Waals surface area (Å²) in [6.07, 6.45) is 0.687. The van der Waals surface area contributed by atoms with Crippen LogP contribution in [-0.4, -0.2) is 15.2 Å². The van der Waals surface area contributed by atoms with Crippen molar-refractivity contribution in [3.05, 3.63) is 24.0 Å². The van der Waals surface area contributed by atoms with E-state index < -0.39 is 0 Å². The molecule has 1 aromatic heterocycles. The lowest BCUT2D eigenvalue weighted by Gasteiger charge is -2.01. The minimum atomic E-state index is -0.0243. The van der Waals surface area contributed by atoms with Crippen molar-refractivity contribution in [3.63, 3.8) is 0 Å². The molecule has 0 unspecified atom stereocenters. The Morgan fingerprint density at radius 3 is 2.93 bits per heavy atom. The molecule has 78 valence electrons. The van der Waals surface area contributed by atoms with Gasteiger partial charge < -0.3 is 15.4 Å². The summed E-state index contributed by atoms with van der Waals surface area (Å²) in [6.45, 7) is 1.92. The topological polar surface area (TPSA) is 85.2 Å². The second-order valence-electron chi connectivity index (χ2n) is 3.11. The molecular formula is C10H11N3O2. The van der Waals surface area contributed by atoms with Crippen molar-refractivity contribution in [1.82, 2.24) is 10.1 Å². The number of nitrogen functional groups attached to an aromatic ring is 1. The fourth-order valence-corrected chi connectivity index (χ4v) is 1.24. The first-order valence-electron chi connectivity index (χ1n) is 4.62. The van der Waals surface area contributed by atoms with E-state index in [1.807, 2.05) is 6.92 Å². The molecule has 0 aliphatic heterocycles. The first kappa shape index (κ1) is 9.51. The average molecular weight is 205 g/mol. The average Bonchev–Trinajstić information content (AvgIpc) is 2.70. The number of anilines is 1. The maximum atomic E-state index is 9.68. The normalized spacial score (nSPS) is 10.5. The van der Waals surface area contributed by atoms with Crippen LogP contribution in [0.2, 0.25) is 0 Å². The van der Waals surface area contributed by atoms with E-state index in [4.69, 9.17) is 10.3 Å². The van der Waals surface area contributed by atoms with Crippen LogP contribution >= 0.6 is 0 Å². The van der Waals surface area contributed by atoms with Gasteiger partial charge in [0.25, 0.3) is 5.89 Å². The largest absolute Gasteiger partial charge is 0.505 e. The number of rotatable bonds is 2. The minimum absolute atomic E-state index is 0.0243. The molecule has 0 aliphatic carbocycles. The third-order valence-corrected chi connectivity index (χ3v) is 2.08. The van der Waals surface area contributed by atoms with E-state index in [1.165, 1.54) is 0 Å². The van der Waals surface area contributed by atoms with E-state index in [-0.39, 0.29) is 11.6 Å². The summed E-state index contributed by atoms with van der Waals surface area (Å²) >= 11 is 0. The lowest BCUT2D eigenvalue weighted by atomic mass is 10.2. The van der Waals surface area contributed by atoms with E-state index in [2.05, 4.69) is 10.1 Å². The highest BCUT2D eigenvalue weighted by molar-refractivity contribution is 5.71. The Hall–Kier alpha value is -2.04. The van der Waals surface area contributed by atoms with Gasteiger partial charge in [0.2, 0.25) is 0 Å². The molecule has 0 amide bonds. The molecule has 0 saturated carbocycles. The zero-order valence-corrected chi connectivity index (χ0v) is 8.27. The molecular weight excluding hydrogens is 194 g/mol. The van der Waals surface area contributed by atoms with Crippen molar-refractivity contribution >= 4 is 5.69 Å². The van der Waals surface area contributed by atoms with E-state index >= 15 is 0 Å². The molecule has 3 N–H and O–H groups in total. The zero-order chi connectivity index (χ0) is 10.8. The summed E-state index contributed by atoms with van der Waals surface area (Å²) < 4.78 is 5.00. The van der Waals surface area contributed by atoms with Gasteiger partial charge in [-0.1, -0.05) is 18.1 Å². The van der Waals surface area contributed by atoms with Crippen LogP contribution in [0.25, 0.3) is 11.5 Å². The number of para-hydroxylation sites is 1. The fourth-order valence-electron chi connectivity index (χ4n) is 1.24. The number of aryl methyl sites for hydroxylation is 1. The molecule has 0 fully saturated rings. The van der Waals surface area contributed by atoms with Gasteiger partial charge in [0, 0.05) is 6.42 Å². The number of aromatic nitrogens is 2. The Morgan fingerprint density at radius 1 is 1.47 bits per heavy atom. The molecule has 0 bridgehead atoms. The van der Waals surface area contributed by atoms with Crippen LogP contribution in [0.3, 0.4) is 0 Å². The van der Waals surface area contributed by atoms with Crippen molar-refractivity contribution in [3.8, 4) is 17.2 Å². The highest BCUT2D eigenvalue weighted by Gasteiger charge is 2.13. The van der Waals surface area contributed by atoms with Gasteiger partial charge in [0.15, 0.2) is 11.6 Å². The van der Waals surface area contributed by atoms with Gasteiger partial charge in [-0.25, -0.2) is 0 Å². The molecule has 5 nitrogen and oxygen atoms in total. The quantitative estimate of drug-likeness (QED) is 0.574. The zero-order valence-electron chi connectivity index (χ0n) is 8.27. The maximum absolute atomic E-state index is 9.68. The summed E-state index contributed by atoms with van der Waals surface area (Å²) in [5.41, 5.74) is 6.31. The minimum Gasteiger partial charge on any atom is -0.505 e. The third kappa shape index (κ3) is 1.63. The van der Waals surface area contributed by atoms with Crippen molar-refractivity contribution in [2.45, 2.75) is 13.3 Å². The second-order valence-corrected chi connectivity index (χ2v) is 3.11. The Balaban J connectivity index is 2.49. The molecule has 2 rings (SSSR count). The smallest absolute Gasteiger partial charge is 0.261 e. The molecule has 15 heavy (non-hydrogen) atoms. The van der Waals surface area contributed by atoms with Crippen molar-refractivity contribution in [2.24, 2.45) is 0 Å². The molecule has 0 aliphatic rings. The van der Waals surface area contributed by atoms with Gasteiger partial charge >= 0.3 is 0 Å². The Bertz CT molecular complexity index is 479. The predicted molar refractivity (Wildman–Crippen MR) is 55.2 cm³/mol. The first-order valence-corrected chi connectivity index (χ1v) is 4.62. The van der Waals surface area contributed by atoms with E-state index in [0.29, 0.717) is 23.5 Å². The third-order valence-electron chi connectivity index (χ3n) is 2.08. The number of hydrogen-bond donors (Lipinski definition) is 2. The molecule has 5 heteroatoms. The number of hydrogen-bond acceptors (Lipinski definition) is 5. The molecule has 2 aromatic rings. The summed E-state index contributed by atoms with van der Waals surface area (Å²) in [5.74, 6) is 0.868. The van der Waals surface area contributed by atoms with Crippen LogP contribution < -0.4 is 5.73 Å². The van der Waals surface area contributed by atoms with Crippen LogP contribution in [0.15, 0.2) is 22.7 Å². The summed E-state index contributed by atoms with van der Waals surface area (Å²) in [5, 5.41) is 13.4. The molecule has 0 radical (unpaired) electrons. The maximum Gasteiger partial charge on any atom is 0.261 e. The van der Waals surface area contributed by atoms with Gasteiger partial charge in [0.05, 0.1) is 11.3 Å². The number of phenolic OH excluding ortho intramolecular Hbond substituents is 1. The molecule has 0 atom stereocenters. The summed E-state index contributed by atoms with van der Waals surface area (Å²) in [6, 6.07) is 5.01. The van der Waals surface area contributed by atoms with Gasteiger partial charge in [-0.05, 0) is 12.1 Å². The van der Waals surface area contributed by atoms with E-state index in [0.717, 1.165) is 0 Å². The number of phenols is 1. The van der Waals surface area contributed by atoms with Crippen LogP contribution in [-0.2, 0) is 6.42 Å². The molecule has 1 heterocycles. The van der Waals surface area contributed by atoms with E-state index in [9.17, 15) is 5.11 Å². The lowest BCUT2D eigenvalue weighted by molar-refractivity contribution is 0.418. The number of benzene rings is 1. The SMILES string of the molecule is CCc1noc(-c2cccc(N)c2O)n1. The molecule has 1 aromatic carbocycles. The van der Waals surface area contributed by atoms with Crippen LogP contribution in [0, 0.1) is 0 Å². The number of nitrogens with zero attached hydrogens (tertiary/aromatic N) is 2. The van der Waals surface area contributed by atoms with Crippen molar-refractivity contribution in [1.29, 1.82) is 0 Å². The fraction of sp³-hybridized carbons (Fsp3) is 0.200. The molecule has 0 spiro atoms. The first-order chi connectivity index (χ1) is 7.22. The lowest BCUT2D eigenvalue weighted by Crippen LogP contribution is -1.88. The van der Waals surface area contributed by atoms with Crippen molar-refractivity contribution < 1.29 is 9.63 Å². The Kier molecular flexibility index (Phi) is 2.29. The highest BCUT2D eigenvalue weighted by atomic mass is 16.5. The van der Waals surface area contributed by atoms with Gasteiger partial charge in [-0.3, -0.25) is 0 Å². The standard InChI is InChI=1S/C10H11N3O2/c1-2-8-12-10(15-13-8)6-4-3-5-7(11)9(6)14/h3-5,14H,2,11H2,1H3. The Labute approximate surface area is 86.5 Å². The summed E-state index contributed by atoms with van der Waals surface area (Å²) in [4.78, 5) is 4.11. The molecule has 0 saturated heterocycles. The number of aromatic hydroxyl groups is 1. The Morgan fingerprint density at radius 2 is 2.27 bits per heavy atom. The monoisotopic (exact) mass is 205 g/mol. The second kappa shape index (κ2) is 3.61. The van der Waals surface area contributed by atoms with Crippen molar-refractivity contribution in [2.75, 3.05) is 5.73 Å². The van der Waals surface area contributed by atoms with E-state index in [1.54, 1.807) is 18.2 Å². The highest BCUT2D eigenvalue weighted by Crippen LogP contribution is 2.32. The predicted octanol–water partition coefficient (Wildman–Crippen LogP) is 1.59. The van der Waals surface area contributed by atoms with Gasteiger partial charge in [-0.2, -0.15) is 4.98 Å². The summed E-state index contributed by atoms with van der Waals surface area (Å²) in [7, 11) is 0.